The average molecular weight is 659 g/mol. The number of carbonyl (C=O) groups excluding carboxylic acids is 3. The summed E-state index contributed by atoms with van der Waals surface area (Å²) in [5.41, 5.74) is 4.68. The summed E-state index contributed by atoms with van der Waals surface area (Å²) in [6.45, 7) is 11.3. The predicted molar refractivity (Wildman–Crippen MR) is 185 cm³/mol. The second-order valence-electron chi connectivity index (χ2n) is 14.0. The zero-order valence-corrected chi connectivity index (χ0v) is 29.4. The van der Waals surface area contributed by atoms with Crippen molar-refractivity contribution in [3.05, 3.63) is 89.5 Å². The molecule has 4 rings (SSSR count). The Bertz CT molecular complexity index is 1560. The van der Waals surface area contributed by atoms with E-state index in [1.165, 1.54) is 0 Å². The molecule has 0 radical (unpaired) electrons. The van der Waals surface area contributed by atoms with Crippen LogP contribution in [0.1, 0.15) is 70.2 Å². The van der Waals surface area contributed by atoms with Crippen molar-refractivity contribution < 1.29 is 33.3 Å². The van der Waals surface area contributed by atoms with E-state index in [4.69, 9.17) is 18.9 Å². The third kappa shape index (κ3) is 9.45. The number of amides is 2. The fourth-order valence-electron chi connectivity index (χ4n) is 6.12. The van der Waals surface area contributed by atoms with Crippen LogP contribution in [-0.4, -0.2) is 56.5 Å². The maximum atomic E-state index is 14.1. The highest BCUT2D eigenvalue weighted by molar-refractivity contribution is 5.92. The molecular weight excluding hydrogens is 608 g/mol. The van der Waals surface area contributed by atoms with Crippen LogP contribution < -0.4 is 15.4 Å². The summed E-state index contributed by atoms with van der Waals surface area (Å²) in [7, 11) is 3.23. The van der Waals surface area contributed by atoms with Gasteiger partial charge in [-0.3, -0.25) is 9.59 Å². The van der Waals surface area contributed by atoms with Crippen LogP contribution in [0.5, 0.6) is 5.75 Å². The lowest BCUT2D eigenvalue weighted by molar-refractivity contribution is -0.162. The van der Waals surface area contributed by atoms with Gasteiger partial charge in [0.25, 0.3) is 0 Å². The molecule has 4 atom stereocenters. The van der Waals surface area contributed by atoms with Crippen LogP contribution in [0, 0.1) is 18.3 Å². The van der Waals surface area contributed by atoms with E-state index in [0.717, 1.165) is 33.6 Å². The summed E-state index contributed by atoms with van der Waals surface area (Å²) in [6.07, 6.45) is 0.562. The molecule has 1 aliphatic rings. The number of hydrogen-bond acceptors (Lipinski definition) is 7. The van der Waals surface area contributed by atoms with Gasteiger partial charge in [-0.05, 0) is 71.6 Å². The standard InChI is InChI=1S/C39H50N2O7/c1-25-22-26(20-21-30(25)28-17-13-18-29(23-28)46-8)14-12-19-31(33-37(44)48-39(5,6)47-33)35(42)41-34(38(2,3)4)36(43)40-32(24-45-7)27-15-10-9-11-16-27/h9-11,13,15-18,20-23,31-34H,12,14,19,24H2,1-8H3,(H,40,43)(H,41,42)/t31-,32-,33+,34-/m1/s1. The number of aryl methyl sites for hydroxylation is 2. The van der Waals surface area contributed by atoms with Gasteiger partial charge in [0.2, 0.25) is 17.6 Å². The van der Waals surface area contributed by atoms with Gasteiger partial charge in [0.05, 0.1) is 25.7 Å². The third-order valence-corrected chi connectivity index (χ3v) is 8.61. The number of methoxy groups -OCH3 is 2. The van der Waals surface area contributed by atoms with Crippen LogP contribution >= 0.6 is 0 Å². The van der Waals surface area contributed by atoms with Crippen LogP contribution in [0.4, 0.5) is 0 Å². The number of ether oxygens (including phenoxy) is 4. The van der Waals surface area contributed by atoms with E-state index in [1.807, 2.05) is 69.3 Å². The summed E-state index contributed by atoms with van der Waals surface area (Å²) in [6, 6.07) is 22.5. The summed E-state index contributed by atoms with van der Waals surface area (Å²) in [4.78, 5) is 40.8. The SMILES string of the molecule is COC[C@@H](NC(=O)[C@@H](NC(=O)[C@H](CCCc1ccc(-c2cccc(OC)c2)c(C)c1)[C@@H]1OC(C)(C)OC1=O)C(C)(C)C)c1ccccc1. The molecule has 9 heteroatoms. The minimum atomic E-state index is -1.16. The molecule has 48 heavy (non-hydrogen) atoms. The summed E-state index contributed by atoms with van der Waals surface area (Å²) in [5.74, 6) is -2.58. The number of nitrogens with one attached hydrogen (secondary N) is 2. The molecule has 0 aliphatic carbocycles. The number of cyclic esters (lactones) is 1. The first kappa shape index (κ1) is 36.6. The van der Waals surface area contributed by atoms with E-state index < -0.39 is 47.2 Å². The van der Waals surface area contributed by atoms with Crippen LogP contribution in [0.25, 0.3) is 11.1 Å². The normalized spacial score (nSPS) is 17.6. The van der Waals surface area contributed by atoms with Crippen LogP contribution in [-0.2, 0) is 35.0 Å². The van der Waals surface area contributed by atoms with Gasteiger partial charge in [-0.1, -0.05) is 81.4 Å². The third-order valence-electron chi connectivity index (χ3n) is 8.61. The molecule has 0 bridgehead atoms. The molecule has 0 unspecified atom stereocenters. The lowest BCUT2D eigenvalue weighted by atomic mass is 9.84. The predicted octanol–water partition coefficient (Wildman–Crippen LogP) is 6.32. The van der Waals surface area contributed by atoms with E-state index >= 15 is 0 Å². The molecule has 1 fully saturated rings. The molecule has 3 aromatic carbocycles. The monoisotopic (exact) mass is 658 g/mol. The Morgan fingerprint density at radius 1 is 0.938 bits per heavy atom. The highest BCUT2D eigenvalue weighted by Gasteiger charge is 2.48. The van der Waals surface area contributed by atoms with E-state index in [1.54, 1.807) is 28.1 Å². The number of esters is 1. The first-order valence-electron chi connectivity index (χ1n) is 16.5. The van der Waals surface area contributed by atoms with Crippen LogP contribution in [0.15, 0.2) is 72.8 Å². The lowest BCUT2D eigenvalue weighted by Crippen LogP contribution is -2.56. The Labute approximate surface area is 284 Å². The van der Waals surface area contributed by atoms with Crippen molar-refractivity contribution in [3.63, 3.8) is 0 Å². The maximum absolute atomic E-state index is 14.1. The van der Waals surface area contributed by atoms with Gasteiger partial charge < -0.3 is 29.6 Å². The molecule has 2 amide bonds. The zero-order valence-electron chi connectivity index (χ0n) is 29.4. The van der Waals surface area contributed by atoms with Gasteiger partial charge in [-0.25, -0.2) is 4.79 Å². The van der Waals surface area contributed by atoms with Crippen molar-refractivity contribution in [2.24, 2.45) is 11.3 Å². The van der Waals surface area contributed by atoms with Crippen molar-refractivity contribution in [1.29, 1.82) is 0 Å². The van der Waals surface area contributed by atoms with Gasteiger partial charge in [0.1, 0.15) is 11.8 Å². The molecule has 258 valence electrons. The highest BCUT2D eigenvalue weighted by atomic mass is 16.8. The van der Waals surface area contributed by atoms with Crippen LogP contribution in [0.2, 0.25) is 0 Å². The molecule has 1 heterocycles. The second kappa shape index (κ2) is 15.8. The van der Waals surface area contributed by atoms with Gasteiger partial charge >= 0.3 is 5.97 Å². The largest absolute Gasteiger partial charge is 0.497 e. The number of benzene rings is 3. The van der Waals surface area contributed by atoms with Gasteiger partial charge in [0, 0.05) is 21.0 Å². The summed E-state index contributed by atoms with van der Waals surface area (Å²) < 4.78 is 22.2. The van der Waals surface area contributed by atoms with Gasteiger partial charge in [-0.15, -0.1) is 0 Å². The molecule has 2 N–H and O–H groups in total. The van der Waals surface area contributed by atoms with E-state index in [9.17, 15) is 14.4 Å². The van der Waals surface area contributed by atoms with Gasteiger partial charge in [0.15, 0.2) is 6.10 Å². The first-order chi connectivity index (χ1) is 22.7. The van der Waals surface area contributed by atoms with E-state index in [2.05, 4.69) is 41.8 Å². The van der Waals surface area contributed by atoms with Gasteiger partial charge in [-0.2, -0.15) is 0 Å². The summed E-state index contributed by atoms with van der Waals surface area (Å²) >= 11 is 0. The Hall–Kier alpha value is -4.21. The number of hydrogen-bond donors (Lipinski definition) is 2. The number of carbonyl (C=O) groups is 3. The van der Waals surface area contributed by atoms with Crippen molar-refractivity contribution in [3.8, 4) is 16.9 Å². The quantitative estimate of drug-likeness (QED) is 0.195. The minimum absolute atomic E-state index is 0.264. The average Bonchev–Trinajstić information content (AvgIpc) is 3.32. The second-order valence-corrected chi connectivity index (χ2v) is 14.0. The minimum Gasteiger partial charge on any atom is -0.497 e. The molecule has 3 aromatic rings. The molecule has 1 aliphatic heterocycles. The Morgan fingerprint density at radius 3 is 2.27 bits per heavy atom. The van der Waals surface area contributed by atoms with Crippen molar-refractivity contribution in [1.82, 2.24) is 10.6 Å². The smallest absolute Gasteiger partial charge is 0.338 e. The summed E-state index contributed by atoms with van der Waals surface area (Å²) in [5, 5.41) is 6.04. The van der Waals surface area contributed by atoms with Crippen molar-refractivity contribution in [2.45, 2.75) is 84.8 Å². The first-order valence-corrected chi connectivity index (χ1v) is 16.5. The molecule has 9 nitrogen and oxygen atoms in total. The van der Waals surface area contributed by atoms with E-state index in [0.29, 0.717) is 19.3 Å². The van der Waals surface area contributed by atoms with Crippen molar-refractivity contribution >= 4 is 17.8 Å². The Balaban J connectivity index is 1.51. The lowest BCUT2D eigenvalue weighted by Gasteiger charge is -2.33. The Morgan fingerprint density at radius 2 is 1.67 bits per heavy atom. The molecular formula is C39H50N2O7. The van der Waals surface area contributed by atoms with E-state index in [-0.39, 0.29) is 12.5 Å². The number of rotatable bonds is 14. The fraction of sp³-hybridized carbons (Fsp3) is 0.462. The zero-order chi connectivity index (χ0) is 35.1. The molecule has 1 saturated heterocycles. The molecule has 0 aromatic heterocycles. The fourth-order valence-corrected chi connectivity index (χ4v) is 6.12. The topological polar surface area (TPSA) is 112 Å². The highest BCUT2D eigenvalue weighted by Crippen LogP contribution is 2.32. The van der Waals surface area contributed by atoms with Crippen LogP contribution in [0.3, 0.4) is 0 Å². The molecule has 0 saturated carbocycles. The molecule has 0 spiro atoms. The Kier molecular flexibility index (Phi) is 12.0. The van der Waals surface area contributed by atoms with Crippen molar-refractivity contribution in [2.75, 3.05) is 20.8 Å². The maximum Gasteiger partial charge on any atom is 0.338 e.